The van der Waals surface area contributed by atoms with E-state index in [1.165, 1.54) is 5.56 Å². The third kappa shape index (κ3) is 5.71. The monoisotopic (exact) mass is 388 g/mol. The van der Waals surface area contributed by atoms with Gasteiger partial charge in [-0.2, -0.15) is 0 Å². The molecule has 0 heterocycles. The van der Waals surface area contributed by atoms with Gasteiger partial charge in [-0.25, -0.2) is 0 Å². The van der Waals surface area contributed by atoms with Crippen LogP contribution in [0.4, 0.5) is 0 Å². The molecule has 0 fully saturated rings. The van der Waals surface area contributed by atoms with Gasteiger partial charge in [-0.05, 0) is 51.8 Å². The van der Waals surface area contributed by atoms with Crippen molar-refractivity contribution in [3.05, 3.63) is 89.5 Å². The zero-order valence-electron chi connectivity index (χ0n) is 17.3. The van der Waals surface area contributed by atoms with Crippen LogP contribution in [0.25, 0.3) is 11.1 Å². The minimum atomic E-state index is -0.807. The van der Waals surface area contributed by atoms with Gasteiger partial charge >= 0.3 is 5.97 Å². The number of ether oxygens (including phenoxy) is 1. The highest BCUT2D eigenvalue weighted by Crippen LogP contribution is 2.29. The highest BCUT2D eigenvalue weighted by Gasteiger charge is 2.13. The molecule has 0 aliphatic rings. The summed E-state index contributed by atoms with van der Waals surface area (Å²) in [5, 5.41) is 9.11. The van der Waals surface area contributed by atoms with Gasteiger partial charge in [0.05, 0.1) is 0 Å². The summed E-state index contributed by atoms with van der Waals surface area (Å²) in [6.45, 7) is 7.04. The van der Waals surface area contributed by atoms with E-state index in [2.05, 4.69) is 45.0 Å². The normalized spacial score (nSPS) is 11.3. The van der Waals surface area contributed by atoms with Crippen LogP contribution in [0, 0.1) is 0 Å². The molecule has 0 saturated carbocycles. The zero-order chi connectivity index (χ0) is 20.9. The van der Waals surface area contributed by atoms with Crippen molar-refractivity contribution in [1.29, 1.82) is 0 Å². The molecular weight excluding hydrogens is 360 g/mol. The second-order valence-electron chi connectivity index (χ2n) is 8.32. The van der Waals surface area contributed by atoms with E-state index in [0.717, 1.165) is 28.0 Å². The third-order valence-corrected chi connectivity index (χ3v) is 4.99. The number of rotatable bonds is 7. The Labute approximate surface area is 173 Å². The average molecular weight is 389 g/mol. The molecule has 1 N–H and O–H groups in total. The summed E-state index contributed by atoms with van der Waals surface area (Å²) in [6, 6.07) is 24.6. The fraction of sp³-hybridized carbons (Fsp3) is 0.269. The van der Waals surface area contributed by atoms with Crippen molar-refractivity contribution in [2.45, 2.75) is 45.6 Å². The van der Waals surface area contributed by atoms with Gasteiger partial charge in [0.2, 0.25) is 0 Å². The van der Waals surface area contributed by atoms with Crippen LogP contribution >= 0.6 is 0 Å². The van der Waals surface area contributed by atoms with Gasteiger partial charge in [0.1, 0.15) is 12.4 Å². The summed E-state index contributed by atoms with van der Waals surface area (Å²) in [6.07, 6.45) is 0.517. The summed E-state index contributed by atoms with van der Waals surface area (Å²) in [5.74, 6) is -0.0651. The molecule has 0 radical (unpaired) electrons. The first-order chi connectivity index (χ1) is 13.8. The van der Waals surface area contributed by atoms with Gasteiger partial charge in [0, 0.05) is 6.42 Å². The van der Waals surface area contributed by atoms with Gasteiger partial charge in [-0.1, -0.05) is 81.4 Å². The maximum Gasteiger partial charge on any atom is 0.303 e. The van der Waals surface area contributed by atoms with Crippen LogP contribution in [0.2, 0.25) is 0 Å². The van der Waals surface area contributed by atoms with E-state index < -0.39 is 5.97 Å². The molecule has 0 unspecified atom stereocenters. The predicted molar refractivity (Wildman–Crippen MR) is 117 cm³/mol. The van der Waals surface area contributed by atoms with Crippen molar-refractivity contribution < 1.29 is 14.6 Å². The summed E-state index contributed by atoms with van der Waals surface area (Å²) < 4.78 is 6.08. The fourth-order valence-electron chi connectivity index (χ4n) is 3.23. The van der Waals surface area contributed by atoms with Crippen molar-refractivity contribution in [2.24, 2.45) is 0 Å². The average Bonchev–Trinajstić information content (AvgIpc) is 2.71. The number of hydrogen-bond donors (Lipinski definition) is 1. The Morgan fingerprint density at radius 1 is 0.897 bits per heavy atom. The number of carbonyl (C=O) groups is 1. The molecule has 0 spiro atoms. The molecule has 3 rings (SSSR count). The van der Waals surface area contributed by atoms with Crippen molar-refractivity contribution in [3.8, 4) is 16.9 Å². The Bertz CT molecular complexity index is 951. The predicted octanol–water partition coefficient (Wildman–Crippen LogP) is 6.25. The largest absolute Gasteiger partial charge is 0.489 e. The van der Waals surface area contributed by atoms with E-state index in [0.29, 0.717) is 13.0 Å². The van der Waals surface area contributed by atoms with Gasteiger partial charge in [0.25, 0.3) is 0 Å². The van der Waals surface area contributed by atoms with Crippen LogP contribution < -0.4 is 4.74 Å². The quantitative estimate of drug-likeness (QED) is 0.520. The lowest BCUT2D eigenvalue weighted by atomic mass is 9.87. The van der Waals surface area contributed by atoms with E-state index in [-0.39, 0.29) is 11.8 Å². The SMILES string of the molecule is CC(C)(C)c1ccc(COc2ccc(-c3ccccc3)cc2CCC(=O)O)cc1. The van der Waals surface area contributed by atoms with Crippen molar-refractivity contribution in [3.63, 3.8) is 0 Å². The Morgan fingerprint density at radius 3 is 2.21 bits per heavy atom. The topological polar surface area (TPSA) is 46.5 Å². The molecule has 0 amide bonds. The van der Waals surface area contributed by atoms with Crippen LogP contribution in [0.15, 0.2) is 72.8 Å². The van der Waals surface area contributed by atoms with Crippen LogP contribution in [-0.4, -0.2) is 11.1 Å². The Morgan fingerprint density at radius 2 is 1.59 bits per heavy atom. The molecule has 3 heteroatoms. The molecule has 29 heavy (non-hydrogen) atoms. The molecule has 0 atom stereocenters. The van der Waals surface area contributed by atoms with E-state index in [9.17, 15) is 4.79 Å². The third-order valence-electron chi connectivity index (χ3n) is 4.99. The highest BCUT2D eigenvalue weighted by molar-refractivity contribution is 5.69. The van der Waals surface area contributed by atoms with Crippen LogP contribution in [-0.2, 0) is 23.2 Å². The molecule has 150 valence electrons. The lowest BCUT2D eigenvalue weighted by Crippen LogP contribution is -2.11. The number of hydrogen-bond acceptors (Lipinski definition) is 2. The Kier molecular flexibility index (Phi) is 6.38. The Balaban J connectivity index is 1.79. The minimum absolute atomic E-state index is 0.0783. The molecule has 3 aromatic rings. The van der Waals surface area contributed by atoms with Gasteiger partial charge in [0.15, 0.2) is 0 Å². The zero-order valence-corrected chi connectivity index (χ0v) is 17.3. The lowest BCUT2D eigenvalue weighted by Gasteiger charge is -2.19. The smallest absolute Gasteiger partial charge is 0.303 e. The number of carboxylic acids is 1. The minimum Gasteiger partial charge on any atom is -0.489 e. The van der Waals surface area contributed by atoms with Gasteiger partial charge in [-0.15, -0.1) is 0 Å². The van der Waals surface area contributed by atoms with Crippen LogP contribution in [0.1, 0.15) is 43.9 Å². The Hall–Kier alpha value is -3.07. The maximum absolute atomic E-state index is 11.1. The van der Waals surface area contributed by atoms with E-state index in [1.54, 1.807) is 0 Å². The molecule has 0 aromatic heterocycles. The van der Waals surface area contributed by atoms with Crippen molar-refractivity contribution in [1.82, 2.24) is 0 Å². The maximum atomic E-state index is 11.1. The number of aliphatic carboxylic acids is 1. The fourth-order valence-corrected chi connectivity index (χ4v) is 3.23. The first-order valence-corrected chi connectivity index (χ1v) is 9.95. The standard InChI is InChI=1S/C26H28O3/c1-26(2,3)23-13-9-19(10-14-23)18-29-24-15-11-21(20-7-5-4-6-8-20)17-22(24)12-16-25(27)28/h4-11,13-15,17H,12,16,18H2,1-3H3,(H,27,28). The van der Waals surface area contributed by atoms with Crippen LogP contribution in [0.5, 0.6) is 5.75 Å². The highest BCUT2D eigenvalue weighted by atomic mass is 16.5. The molecule has 3 nitrogen and oxygen atoms in total. The lowest BCUT2D eigenvalue weighted by molar-refractivity contribution is -0.136. The van der Waals surface area contributed by atoms with Crippen LogP contribution in [0.3, 0.4) is 0 Å². The second-order valence-corrected chi connectivity index (χ2v) is 8.32. The number of benzene rings is 3. The number of aryl methyl sites for hydroxylation is 1. The van der Waals surface area contributed by atoms with Crippen molar-refractivity contribution in [2.75, 3.05) is 0 Å². The van der Waals surface area contributed by atoms with Gasteiger partial charge in [-0.3, -0.25) is 4.79 Å². The van der Waals surface area contributed by atoms with E-state index >= 15 is 0 Å². The summed E-state index contributed by atoms with van der Waals surface area (Å²) in [5.41, 5.74) is 5.59. The molecule has 0 aliphatic heterocycles. The summed E-state index contributed by atoms with van der Waals surface area (Å²) in [7, 11) is 0. The molecule has 0 saturated heterocycles. The van der Waals surface area contributed by atoms with Crippen molar-refractivity contribution >= 4 is 5.97 Å². The summed E-state index contributed by atoms with van der Waals surface area (Å²) >= 11 is 0. The molecule has 0 bridgehead atoms. The summed E-state index contributed by atoms with van der Waals surface area (Å²) in [4.78, 5) is 11.1. The first-order valence-electron chi connectivity index (χ1n) is 9.95. The number of carboxylic acid groups (broad SMARTS) is 1. The van der Waals surface area contributed by atoms with E-state index in [4.69, 9.17) is 9.84 Å². The molecular formula is C26H28O3. The van der Waals surface area contributed by atoms with Gasteiger partial charge < -0.3 is 9.84 Å². The van der Waals surface area contributed by atoms with E-state index in [1.807, 2.05) is 48.5 Å². The molecule has 3 aromatic carbocycles. The molecule has 0 aliphatic carbocycles. The first kappa shape index (κ1) is 20.7. The second kappa shape index (κ2) is 8.95.